The third-order valence-corrected chi connectivity index (χ3v) is 2.81. The molecule has 1 aromatic carbocycles. The van der Waals surface area contributed by atoms with Crippen molar-refractivity contribution in [3.8, 4) is 5.75 Å². The predicted octanol–water partition coefficient (Wildman–Crippen LogP) is 2.59. The fraction of sp³-hybridized carbons (Fsp3) is 0.467. The van der Waals surface area contributed by atoms with E-state index in [9.17, 15) is 5.11 Å². The normalized spacial score (nSPS) is 12.9. The third-order valence-electron chi connectivity index (χ3n) is 2.81. The molecule has 100 valence electrons. The first-order valence-electron chi connectivity index (χ1n) is 6.33. The van der Waals surface area contributed by atoms with E-state index in [0.717, 1.165) is 29.8 Å². The number of rotatable bonds is 7. The quantitative estimate of drug-likeness (QED) is 0.576. The number of hydrogen-bond donors (Lipinski definition) is 2. The topological polar surface area (TPSA) is 41.5 Å². The van der Waals surface area contributed by atoms with Crippen molar-refractivity contribution in [3.63, 3.8) is 0 Å². The molecule has 0 aromatic heterocycles. The number of aliphatic hydroxyl groups excluding tert-OH is 1. The minimum absolute atomic E-state index is 0.537. The molecule has 1 aromatic rings. The van der Waals surface area contributed by atoms with E-state index in [0.29, 0.717) is 6.54 Å². The van der Waals surface area contributed by atoms with Gasteiger partial charge in [0.05, 0.1) is 13.2 Å². The van der Waals surface area contributed by atoms with Crippen LogP contribution in [0.25, 0.3) is 0 Å². The Balaban J connectivity index is 2.54. The largest absolute Gasteiger partial charge is 0.496 e. The van der Waals surface area contributed by atoms with Gasteiger partial charge < -0.3 is 15.2 Å². The van der Waals surface area contributed by atoms with E-state index in [1.165, 1.54) is 0 Å². The molecule has 0 aliphatic rings. The Morgan fingerprint density at radius 2 is 2.22 bits per heavy atom. The minimum atomic E-state index is -0.537. The van der Waals surface area contributed by atoms with E-state index in [-0.39, 0.29) is 0 Å². The van der Waals surface area contributed by atoms with Gasteiger partial charge >= 0.3 is 0 Å². The maximum absolute atomic E-state index is 10.2. The monoisotopic (exact) mass is 249 g/mol. The summed E-state index contributed by atoms with van der Waals surface area (Å²) < 4.78 is 5.27. The first-order valence-corrected chi connectivity index (χ1v) is 6.33. The lowest BCUT2D eigenvalue weighted by atomic mass is 10.1. The van der Waals surface area contributed by atoms with Gasteiger partial charge in [-0.15, -0.1) is 0 Å². The van der Waals surface area contributed by atoms with Crippen LogP contribution in [-0.4, -0.2) is 25.3 Å². The van der Waals surface area contributed by atoms with E-state index >= 15 is 0 Å². The van der Waals surface area contributed by atoms with Crippen LogP contribution >= 0.6 is 0 Å². The maximum atomic E-state index is 10.2. The average molecular weight is 249 g/mol. The van der Waals surface area contributed by atoms with Crippen molar-refractivity contribution in [2.24, 2.45) is 0 Å². The molecule has 0 heterocycles. The summed E-state index contributed by atoms with van der Waals surface area (Å²) in [4.78, 5) is 0. The summed E-state index contributed by atoms with van der Waals surface area (Å²) in [5.41, 5.74) is 1.97. The highest BCUT2D eigenvalue weighted by Gasteiger charge is 2.12. The summed E-state index contributed by atoms with van der Waals surface area (Å²) in [7, 11) is 1.63. The maximum Gasteiger partial charge on any atom is 0.124 e. The molecule has 0 radical (unpaired) electrons. The summed E-state index contributed by atoms with van der Waals surface area (Å²) in [6.07, 6.45) is 4.58. The second-order valence-corrected chi connectivity index (χ2v) is 4.32. The number of benzene rings is 1. The molecule has 1 atom stereocenters. The number of aliphatic hydroxyl groups is 1. The summed E-state index contributed by atoms with van der Waals surface area (Å²) in [5.74, 6) is 0.739. The van der Waals surface area contributed by atoms with Gasteiger partial charge in [-0.3, -0.25) is 0 Å². The zero-order chi connectivity index (χ0) is 13.4. The zero-order valence-electron chi connectivity index (χ0n) is 11.4. The van der Waals surface area contributed by atoms with Crippen molar-refractivity contribution in [2.75, 3.05) is 20.2 Å². The van der Waals surface area contributed by atoms with Gasteiger partial charge in [-0.25, -0.2) is 0 Å². The highest BCUT2D eigenvalue weighted by molar-refractivity contribution is 5.38. The highest BCUT2D eigenvalue weighted by atomic mass is 16.5. The van der Waals surface area contributed by atoms with Gasteiger partial charge in [0.2, 0.25) is 0 Å². The predicted molar refractivity (Wildman–Crippen MR) is 75.0 cm³/mol. The molecular formula is C15H23NO2. The van der Waals surface area contributed by atoms with Crippen LogP contribution in [0, 0.1) is 6.92 Å². The van der Waals surface area contributed by atoms with Crippen molar-refractivity contribution < 1.29 is 9.84 Å². The number of nitrogens with one attached hydrogen (secondary N) is 1. The van der Waals surface area contributed by atoms with Gasteiger partial charge in [0.1, 0.15) is 5.75 Å². The number of hydrogen-bond acceptors (Lipinski definition) is 3. The van der Waals surface area contributed by atoms with E-state index < -0.39 is 6.10 Å². The molecule has 0 saturated heterocycles. The summed E-state index contributed by atoms with van der Waals surface area (Å²) >= 11 is 0. The molecule has 18 heavy (non-hydrogen) atoms. The van der Waals surface area contributed by atoms with Crippen LogP contribution in [0.2, 0.25) is 0 Å². The molecular weight excluding hydrogens is 226 g/mol. The molecule has 2 N–H and O–H groups in total. The van der Waals surface area contributed by atoms with Crippen molar-refractivity contribution in [2.45, 2.75) is 26.4 Å². The van der Waals surface area contributed by atoms with Crippen LogP contribution in [0.5, 0.6) is 5.75 Å². The Morgan fingerprint density at radius 3 is 2.89 bits per heavy atom. The Morgan fingerprint density at radius 1 is 1.44 bits per heavy atom. The van der Waals surface area contributed by atoms with Crippen molar-refractivity contribution in [1.29, 1.82) is 0 Å². The first-order chi connectivity index (χ1) is 8.69. The van der Waals surface area contributed by atoms with Crippen LogP contribution in [0.4, 0.5) is 0 Å². The number of ether oxygens (including phenoxy) is 1. The van der Waals surface area contributed by atoms with Crippen molar-refractivity contribution >= 4 is 0 Å². The molecule has 0 amide bonds. The van der Waals surface area contributed by atoms with Gasteiger partial charge in [-0.2, -0.15) is 0 Å². The van der Waals surface area contributed by atoms with Gasteiger partial charge in [0.25, 0.3) is 0 Å². The van der Waals surface area contributed by atoms with Gasteiger partial charge in [0.15, 0.2) is 0 Å². The fourth-order valence-electron chi connectivity index (χ4n) is 1.81. The Labute approximate surface area is 109 Å². The Kier molecular flexibility index (Phi) is 6.47. The lowest BCUT2D eigenvalue weighted by Gasteiger charge is -2.16. The van der Waals surface area contributed by atoms with Crippen molar-refractivity contribution in [1.82, 2.24) is 5.32 Å². The summed E-state index contributed by atoms with van der Waals surface area (Å²) in [5, 5.41) is 13.4. The second kappa shape index (κ2) is 7.90. The highest BCUT2D eigenvalue weighted by Crippen LogP contribution is 2.25. The van der Waals surface area contributed by atoms with Gasteiger partial charge in [0, 0.05) is 12.1 Å². The molecule has 3 nitrogen and oxygen atoms in total. The lowest BCUT2D eigenvalue weighted by Crippen LogP contribution is -2.22. The SMILES string of the molecule is C/C=C/CCNCC(O)c1cc(C)ccc1OC. The summed E-state index contributed by atoms with van der Waals surface area (Å²) in [6.45, 7) is 5.43. The van der Waals surface area contributed by atoms with Crippen LogP contribution in [0.1, 0.15) is 30.6 Å². The Hall–Kier alpha value is -1.32. The minimum Gasteiger partial charge on any atom is -0.496 e. The van der Waals surface area contributed by atoms with E-state index in [1.807, 2.05) is 38.1 Å². The van der Waals surface area contributed by atoms with Gasteiger partial charge in [-0.1, -0.05) is 23.8 Å². The fourth-order valence-corrected chi connectivity index (χ4v) is 1.81. The third kappa shape index (κ3) is 4.51. The molecule has 1 rings (SSSR count). The molecule has 0 aliphatic heterocycles. The van der Waals surface area contributed by atoms with Crippen LogP contribution in [-0.2, 0) is 0 Å². The van der Waals surface area contributed by atoms with Gasteiger partial charge in [-0.05, 0) is 38.9 Å². The first kappa shape index (κ1) is 14.7. The van der Waals surface area contributed by atoms with E-state index in [1.54, 1.807) is 7.11 Å². The molecule has 3 heteroatoms. The van der Waals surface area contributed by atoms with Crippen LogP contribution in [0.3, 0.4) is 0 Å². The molecule has 0 spiro atoms. The lowest BCUT2D eigenvalue weighted by molar-refractivity contribution is 0.171. The van der Waals surface area contributed by atoms with E-state index in [4.69, 9.17) is 4.74 Å². The van der Waals surface area contributed by atoms with Crippen molar-refractivity contribution in [3.05, 3.63) is 41.5 Å². The number of methoxy groups -OCH3 is 1. The molecule has 0 aliphatic carbocycles. The number of aryl methyl sites for hydroxylation is 1. The van der Waals surface area contributed by atoms with Crippen LogP contribution in [0.15, 0.2) is 30.4 Å². The zero-order valence-corrected chi connectivity index (χ0v) is 11.4. The Bertz CT molecular complexity index is 388. The average Bonchev–Trinajstić information content (AvgIpc) is 2.38. The molecule has 0 bridgehead atoms. The summed E-state index contributed by atoms with van der Waals surface area (Å²) in [6, 6.07) is 5.85. The molecule has 0 saturated carbocycles. The van der Waals surface area contributed by atoms with E-state index in [2.05, 4.69) is 11.4 Å². The smallest absolute Gasteiger partial charge is 0.124 e. The molecule has 1 unspecified atom stereocenters. The standard InChI is InChI=1S/C15H23NO2/c1-4-5-6-9-16-11-14(17)13-10-12(2)7-8-15(13)18-3/h4-5,7-8,10,14,16-17H,6,9,11H2,1-3H3/b5-4+. The number of allylic oxidation sites excluding steroid dienone is 1. The second-order valence-electron chi connectivity index (χ2n) is 4.32. The molecule has 0 fully saturated rings. The van der Waals surface area contributed by atoms with Crippen LogP contribution < -0.4 is 10.1 Å².